The van der Waals surface area contributed by atoms with Gasteiger partial charge in [0.1, 0.15) is 5.82 Å². The average molecular weight is 430 g/mol. The first-order valence-corrected chi connectivity index (χ1v) is 9.33. The van der Waals surface area contributed by atoms with Crippen LogP contribution >= 0.6 is 0 Å². The Kier molecular flexibility index (Phi) is 6.38. The van der Waals surface area contributed by atoms with E-state index in [9.17, 15) is 18.0 Å². The first kappa shape index (κ1) is 22.0. The van der Waals surface area contributed by atoms with E-state index in [1.54, 1.807) is 20.0 Å². The van der Waals surface area contributed by atoms with E-state index in [4.69, 9.17) is 5.73 Å². The van der Waals surface area contributed by atoms with Crippen molar-refractivity contribution in [2.45, 2.75) is 19.4 Å². The van der Waals surface area contributed by atoms with Crippen LogP contribution in [-0.2, 0) is 7.05 Å². The number of nitrogens with zero attached hydrogens (tertiary/aromatic N) is 4. The summed E-state index contributed by atoms with van der Waals surface area (Å²) in [6.07, 6.45) is 1.31. The molecule has 1 atom stereocenters. The highest BCUT2D eigenvalue weighted by atomic mass is 19.3. The summed E-state index contributed by atoms with van der Waals surface area (Å²) in [7, 11) is 3.05. The number of nitrogens with two attached hydrogens (primary N) is 1. The van der Waals surface area contributed by atoms with Crippen molar-refractivity contribution < 1.29 is 13.2 Å². The molecule has 7 nitrogen and oxygen atoms in total. The molecule has 1 aromatic carbocycles. The van der Waals surface area contributed by atoms with Crippen LogP contribution in [-0.4, -0.2) is 28.0 Å². The quantitative estimate of drug-likeness (QED) is 0.583. The Balaban J connectivity index is 2.12. The molecule has 0 aliphatic heterocycles. The van der Waals surface area contributed by atoms with Gasteiger partial charge < -0.3 is 11.1 Å². The average Bonchev–Trinajstić information content (AvgIpc) is 2.75. The van der Waals surface area contributed by atoms with Crippen LogP contribution in [0.1, 0.15) is 36.2 Å². The van der Waals surface area contributed by atoms with Crippen LogP contribution in [0.25, 0.3) is 16.3 Å². The normalized spacial score (nSPS) is 13.3. The van der Waals surface area contributed by atoms with Crippen LogP contribution < -0.4 is 16.6 Å². The summed E-state index contributed by atoms with van der Waals surface area (Å²) < 4.78 is 41.9. The number of halogens is 3. The van der Waals surface area contributed by atoms with Gasteiger partial charge in [0.2, 0.25) is 0 Å². The van der Waals surface area contributed by atoms with Crippen molar-refractivity contribution in [1.29, 1.82) is 0 Å². The molecule has 0 fully saturated rings. The summed E-state index contributed by atoms with van der Waals surface area (Å²) >= 11 is 0. The molecular weight excluding hydrogens is 409 g/mol. The second-order valence-corrected chi connectivity index (χ2v) is 6.82. The number of allylic oxidation sites excluding steroid dienone is 1. The van der Waals surface area contributed by atoms with Gasteiger partial charge in [-0.05, 0) is 13.0 Å². The monoisotopic (exact) mass is 430 g/mol. The number of pyridine rings is 1. The fraction of sp³-hybridized carbons (Fsp3) is 0.238. The van der Waals surface area contributed by atoms with E-state index in [2.05, 4.69) is 20.4 Å². The number of hydrogen-bond donors (Lipinski definition) is 2. The topological polar surface area (TPSA) is 98.2 Å². The maximum atomic E-state index is 14.6. The van der Waals surface area contributed by atoms with Gasteiger partial charge in [0.25, 0.3) is 12.0 Å². The van der Waals surface area contributed by atoms with Crippen LogP contribution in [0, 0.1) is 5.82 Å². The molecule has 2 heterocycles. The summed E-state index contributed by atoms with van der Waals surface area (Å²) in [5.74, 6) is -0.721. The minimum absolute atomic E-state index is 0.0524. The molecule has 0 aliphatic rings. The standard InChI is InChI=1S/C21H21F3N6O/c1-11(13-5-4-6-14(18(13)22)19(23)24)28-20-15-7-17(12(8-25)9-26-2)27-10-16(15)21(31)30(3)29-20/h4-11,19H,25H2,1-3H3,(H,28,29)/b12-8+,26-9?/t11-/m1/s1. The van der Waals surface area contributed by atoms with Crippen LogP contribution in [0.3, 0.4) is 0 Å². The van der Waals surface area contributed by atoms with Crippen molar-refractivity contribution >= 4 is 28.4 Å². The summed E-state index contributed by atoms with van der Waals surface area (Å²) in [4.78, 5) is 20.7. The lowest BCUT2D eigenvalue weighted by atomic mass is 10.0. The van der Waals surface area contributed by atoms with Gasteiger partial charge in [0.05, 0.1) is 22.7 Å². The number of hydrogen-bond acceptors (Lipinski definition) is 6. The molecule has 0 amide bonds. The van der Waals surface area contributed by atoms with Gasteiger partial charge in [-0.15, -0.1) is 0 Å². The molecule has 3 rings (SSSR count). The predicted octanol–water partition coefficient (Wildman–Crippen LogP) is 3.58. The van der Waals surface area contributed by atoms with E-state index in [0.29, 0.717) is 16.7 Å². The Morgan fingerprint density at radius 1 is 1.29 bits per heavy atom. The number of nitrogens with one attached hydrogen (secondary N) is 1. The number of fused-ring (bicyclic) bond motifs is 1. The van der Waals surface area contributed by atoms with Crippen molar-refractivity contribution in [3.63, 3.8) is 0 Å². The molecule has 0 saturated heterocycles. The lowest BCUT2D eigenvalue weighted by molar-refractivity contribution is 0.146. The van der Waals surface area contributed by atoms with Crippen LogP contribution in [0.5, 0.6) is 0 Å². The van der Waals surface area contributed by atoms with Gasteiger partial charge in [-0.3, -0.25) is 14.8 Å². The van der Waals surface area contributed by atoms with E-state index in [0.717, 1.165) is 10.7 Å². The molecule has 0 saturated carbocycles. The van der Waals surface area contributed by atoms with E-state index >= 15 is 0 Å². The zero-order valence-corrected chi connectivity index (χ0v) is 17.1. The minimum atomic E-state index is -2.93. The van der Waals surface area contributed by atoms with Crippen molar-refractivity contribution in [1.82, 2.24) is 14.8 Å². The third-order valence-electron chi connectivity index (χ3n) is 4.79. The Morgan fingerprint density at radius 2 is 2.00 bits per heavy atom. The maximum Gasteiger partial charge on any atom is 0.276 e. The molecule has 0 unspecified atom stereocenters. The van der Waals surface area contributed by atoms with Gasteiger partial charge in [-0.1, -0.05) is 18.2 Å². The molecule has 0 spiro atoms. The Morgan fingerprint density at radius 3 is 2.65 bits per heavy atom. The second-order valence-electron chi connectivity index (χ2n) is 6.82. The molecule has 3 aromatic rings. The molecule has 31 heavy (non-hydrogen) atoms. The summed E-state index contributed by atoms with van der Waals surface area (Å²) in [6, 6.07) is 4.73. The van der Waals surface area contributed by atoms with Gasteiger partial charge in [0.15, 0.2) is 5.82 Å². The van der Waals surface area contributed by atoms with Crippen molar-refractivity contribution in [3.8, 4) is 0 Å². The van der Waals surface area contributed by atoms with E-state index in [-0.39, 0.29) is 22.3 Å². The van der Waals surface area contributed by atoms with Crippen LogP contribution in [0.2, 0.25) is 0 Å². The van der Waals surface area contributed by atoms with Crippen molar-refractivity contribution in [2.75, 3.05) is 12.4 Å². The fourth-order valence-corrected chi connectivity index (χ4v) is 3.20. The largest absolute Gasteiger partial charge is 0.404 e. The summed E-state index contributed by atoms with van der Waals surface area (Å²) in [5, 5.41) is 7.97. The highest BCUT2D eigenvalue weighted by Crippen LogP contribution is 2.30. The predicted molar refractivity (Wildman–Crippen MR) is 115 cm³/mol. The van der Waals surface area contributed by atoms with Gasteiger partial charge in [0, 0.05) is 49.2 Å². The van der Waals surface area contributed by atoms with Gasteiger partial charge >= 0.3 is 0 Å². The number of aromatic nitrogens is 3. The number of rotatable bonds is 6. The number of alkyl halides is 2. The third kappa shape index (κ3) is 4.27. The maximum absolute atomic E-state index is 14.6. The molecule has 0 radical (unpaired) electrons. The fourth-order valence-electron chi connectivity index (χ4n) is 3.20. The number of aliphatic imine (C=N–C) groups is 1. The van der Waals surface area contributed by atoms with Crippen molar-refractivity contribution in [2.24, 2.45) is 17.8 Å². The van der Waals surface area contributed by atoms with Crippen molar-refractivity contribution in [3.05, 3.63) is 69.7 Å². The summed E-state index contributed by atoms with van der Waals surface area (Å²) in [5.41, 5.74) is 5.63. The van der Waals surface area contributed by atoms with E-state index in [1.807, 2.05) is 0 Å². The SMILES string of the molecule is CN=C/C(=C\N)c1cc2c(N[C@H](C)c3cccc(C(F)F)c3F)nn(C)c(=O)c2cn1. The molecule has 162 valence electrons. The first-order chi connectivity index (χ1) is 14.8. The van der Waals surface area contributed by atoms with Crippen LogP contribution in [0.15, 0.2) is 46.4 Å². The molecule has 10 heteroatoms. The molecule has 0 bridgehead atoms. The Labute approximate surface area is 176 Å². The molecule has 3 N–H and O–H groups in total. The third-order valence-corrected chi connectivity index (χ3v) is 4.79. The van der Waals surface area contributed by atoms with Gasteiger partial charge in [-0.2, -0.15) is 5.10 Å². The highest BCUT2D eigenvalue weighted by Gasteiger charge is 2.21. The van der Waals surface area contributed by atoms with E-state index < -0.39 is 23.8 Å². The van der Waals surface area contributed by atoms with Crippen LogP contribution in [0.4, 0.5) is 19.0 Å². The lowest BCUT2D eigenvalue weighted by Gasteiger charge is -2.19. The summed E-state index contributed by atoms with van der Waals surface area (Å²) in [6.45, 7) is 1.61. The number of anilines is 1. The molecular formula is C21H21F3N6O. The molecule has 0 aliphatic carbocycles. The Bertz CT molecular complexity index is 1240. The first-order valence-electron chi connectivity index (χ1n) is 9.33. The Hall–Kier alpha value is -3.69. The van der Waals surface area contributed by atoms with Gasteiger partial charge in [-0.25, -0.2) is 17.9 Å². The minimum Gasteiger partial charge on any atom is -0.404 e. The van der Waals surface area contributed by atoms with E-state index in [1.165, 1.54) is 37.8 Å². The smallest absolute Gasteiger partial charge is 0.276 e. The highest BCUT2D eigenvalue weighted by molar-refractivity contribution is 6.10. The lowest BCUT2D eigenvalue weighted by Crippen LogP contribution is -2.23. The number of aryl methyl sites for hydroxylation is 1. The second kappa shape index (κ2) is 8.99. The zero-order valence-electron chi connectivity index (χ0n) is 17.1. The zero-order chi connectivity index (χ0) is 22.7. The molecule has 2 aromatic heterocycles. The number of benzene rings is 1.